The Hall–Kier alpha value is -1.16. The molecule has 0 unspecified atom stereocenters. The van der Waals surface area contributed by atoms with Crippen LogP contribution in [0.4, 0.5) is 0 Å². The summed E-state index contributed by atoms with van der Waals surface area (Å²) in [5.41, 5.74) is 1.27. The summed E-state index contributed by atoms with van der Waals surface area (Å²) in [5.74, 6) is 0. The molecule has 1 fully saturated rings. The SMILES string of the molecule is CCCCNC(=S)N(Cc1ccncc1)C1CC1. The summed E-state index contributed by atoms with van der Waals surface area (Å²) in [4.78, 5) is 6.37. The van der Waals surface area contributed by atoms with Crippen molar-refractivity contribution in [3.63, 3.8) is 0 Å². The molecule has 1 aliphatic carbocycles. The molecule has 0 radical (unpaired) electrons. The lowest BCUT2D eigenvalue weighted by Gasteiger charge is -2.25. The van der Waals surface area contributed by atoms with Gasteiger partial charge in [0, 0.05) is 31.5 Å². The van der Waals surface area contributed by atoms with E-state index in [1.54, 1.807) is 0 Å². The Balaban J connectivity index is 1.89. The van der Waals surface area contributed by atoms with Crippen molar-refractivity contribution in [1.29, 1.82) is 0 Å². The third kappa shape index (κ3) is 3.95. The molecule has 2 rings (SSSR count). The van der Waals surface area contributed by atoms with Gasteiger partial charge in [0.25, 0.3) is 0 Å². The lowest BCUT2D eigenvalue weighted by Crippen LogP contribution is -2.41. The van der Waals surface area contributed by atoms with E-state index in [1.807, 2.05) is 12.4 Å². The molecule has 98 valence electrons. The molecule has 0 aromatic carbocycles. The number of thiocarbonyl (C=S) groups is 1. The second-order valence-corrected chi connectivity index (χ2v) is 5.19. The van der Waals surface area contributed by atoms with Crippen LogP contribution < -0.4 is 5.32 Å². The minimum atomic E-state index is 0.639. The van der Waals surface area contributed by atoms with Crippen LogP contribution in [0.25, 0.3) is 0 Å². The average molecular weight is 263 g/mol. The highest BCUT2D eigenvalue weighted by atomic mass is 32.1. The van der Waals surface area contributed by atoms with Gasteiger partial charge in [-0.2, -0.15) is 0 Å². The van der Waals surface area contributed by atoms with Gasteiger partial charge in [0.05, 0.1) is 0 Å². The van der Waals surface area contributed by atoms with Crippen molar-refractivity contribution in [3.8, 4) is 0 Å². The van der Waals surface area contributed by atoms with E-state index in [4.69, 9.17) is 12.2 Å². The number of pyridine rings is 1. The van der Waals surface area contributed by atoms with Crippen molar-refractivity contribution in [1.82, 2.24) is 15.2 Å². The van der Waals surface area contributed by atoms with Crippen molar-refractivity contribution >= 4 is 17.3 Å². The Bertz CT molecular complexity index is 376. The molecule has 0 amide bonds. The van der Waals surface area contributed by atoms with Crippen LogP contribution in [0.1, 0.15) is 38.2 Å². The Labute approximate surface area is 115 Å². The first kappa shape index (κ1) is 13.3. The molecule has 0 aliphatic heterocycles. The summed E-state index contributed by atoms with van der Waals surface area (Å²) in [6, 6.07) is 4.76. The fourth-order valence-corrected chi connectivity index (χ4v) is 2.23. The summed E-state index contributed by atoms with van der Waals surface area (Å²) >= 11 is 5.50. The molecule has 1 heterocycles. The van der Waals surface area contributed by atoms with Crippen LogP contribution in [0.2, 0.25) is 0 Å². The predicted octanol–water partition coefficient (Wildman–Crippen LogP) is 2.72. The van der Waals surface area contributed by atoms with Crippen molar-refractivity contribution in [2.24, 2.45) is 0 Å². The minimum Gasteiger partial charge on any atom is -0.363 e. The van der Waals surface area contributed by atoms with Crippen molar-refractivity contribution in [2.75, 3.05) is 6.54 Å². The van der Waals surface area contributed by atoms with Gasteiger partial charge in [0.2, 0.25) is 0 Å². The Morgan fingerprint density at radius 3 is 2.78 bits per heavy atom. The van der Waals surface area contributed by atoms with Crippen LogP contribution in [0.15, 0.2) is 24.5 Å². The van der Waals surface area contributed by atoms with Gasteiger partial charge in [-0.05, 0) is 49.2 Å². The third-order valence-electron chi connectivity index (χ3n) is 3.16. The molecule has 0 spiro atoms. The van der Waals surface area contributed by atoms with E-state index >= 15 is 0 Å². The maximum absolute atomic E-state index is 5.50. The number of aromatic nitrogens is 1. The van der Waals surface area contributed by atoms with Crippen LogP contribution in [0.3, 0.4) is 0 Å². The first-order chi connectivity index (χ1) is 8.81. The molecule has 1 aliphatic rings. The zero-order valence-electron chi connectivity index (χ0n) is 10.9. The van der Waals surface area contributed by atoms with Crippen LogP contribution in [0.5, 0.6) is 0 Å². The van der Waals surface area contributed by atoms with Gasteiger partial charge in [-0.15, -0.1) is 0 Å². The molecule has 18 heavy (non-hydrogen) atoms. The van der Waals surface area contributed by atoms with E-state index < -0.39 is 0 Å². The molecule has 0 atom stereocenters. The topological polar surface area (TPSA) is 28.2 Å². The number of nitrogens with one attached hydrogen (secondary N) is 1. The Morgan fingerprint density at radius 2 is 2.17 bits per heavy atom. The Morgan fingerprint density at radius 1 is 1.44 bits per heavy atom. The molecule has 1 aromatic rings. The van der Waals surface area contributed by atoms with Gasteiger partial charge in [-0.1, -0.05) is 13.3 Å². The normalized spacial score (nSPS) is 14.3. The standard InChI is InChI=1S/C14H21N3S/c1-2-3-8-16-14(18)17(13-4-5-13)11-12-6-9-15-10-7-12/h6-7,9-10,13H,2-5,8,11H2,1H3,(H,16,18). The van der Waals surface area contributed by atoms with E-state index in [9.17, 15) is 0 Å². The molecule has 1 N–H and O–H groups in total. The number of unbranched alkanes of at least 4 members (excludes halogenated alkanes) is 1. The van der Waals surface area contributed by atoms with E-state index in [0.717, 1.165) is 18.2 Å². The first-order valence-corrected chi connectivity index (χ1v) is 7.15. The van der Waals surface area contributed by atoms with E-state index in [0.29, 0.717) is 6.04 Å². The molecular formula is C14H21N3S. The summed E-state index contributed by atoms with van der Waals surface area (Å²) < 4.78 is 0. The molecule has 1 saturated carbocycles. The highest BCUT2D eigenvalue weighted by molar-refractivity contribution is 7.80. The Kier molecular flexibility index (Phi) is 4.93. The highest BCUT2D eigenvalue weighted by Gasteiger charge is 2.30. The van der Waals surface area contributed by atoms with Crippen LogP contribution in [0, 0.1) is 0 Å². The van der Waals surface area contributed by atoms with Gasteiger partial charge < -0.3 is 10.2 Å². The van der Waals surface area contributed by atoms with Crippen LogP contribution >= 0.6 is 12.2 Å². The summed E-state index contributed by atoms with van der Waals surface area (Å²) in [5, 5.41) is 4.27. The molecule has 3 nitrogen and oxygen atoms in total. The maximum Gasteiger partial charge on any atom is 0.169 e. The quantitative estimate of drug-likeness (QED) is 0.631. The van der Waals surface area contributed by atoms with Gasteiger partial charge in [0.15, 0.2) is 5.11 Å². The zero-order valence-corrected chi connectivity index (χ0v) is 11.7. The van der Waals surface area contributed by atoms with Gasteiger partial charge in [-0.3, -0.25) is 4.98 Å². The first-order valence-electron chi connectivity index (χ1n) is 6.74. The van der Waals surface area contributed by atoms with E-state index in [1.165, 1.54) is 31.2 Å². The second kappa shape index (κ2) is 6.69. The summed E-state index contributed by atoms with van der Waals surface area (Å²) in [6.45, 7) is 4.07. The van der Waals surface area contributed by atoms with Crippen molar-refractivity contribution in [3.05, 3.63) is 30.1 Å². The number of hydrogen-bond donors (Lipinski definition) is 1. The van der Waals surface area contributed by atoms with Crippen molar-refractivity contribution < 1.29 is 0 Å². The predicted molar refractivity (Wildman–Crippen MR) is 78.3 cm³/mol. The smallest absolute Gasteiger partial charge is 0.169 e. The number of nitrogens with zero attached hydrogens (tertiary/aromatic N) is 2. The number of rotatable bonds is 6. The van der Waals surface area contributed by atoms with E-state index in [2.05, 4.69) is 34.3 Å². The van der Waals surface area contributed by atoms with E-state index in [-0.39, 0.29) is 0 Å². The van der Waals surface area contributed by atoms with Gasteiger partial charge in [0.1, 0.15) is 0 Å². The fraction of sp³-hybridized carbons (Fsp3) is 0.571. The molecule has 0 bridgehead atoms. The minimum absolute atomic E-state index is 0.639. The molecular weight excluding hydrogens is 242 g/mol. The largest absolute Gasteiger partial charge is 0.363 e. The highest BCUT2D eigenvalue weighted by Crippen LogP contribution is 2.28. The summed E-state index contributed by atoms with van der Waals surface area (Å²) in [6.07, 6.45) is 8.58. The second-order valence-electron chi connectivity index (χ2n) is 4.80. The maximum atomic E-state index is 5.50. The zero-order chi connectivity index (χ0) is 12.8. The molecule has 4 heteroatoms. The fourth-order valence-electron chi connectivity index (χ4n) is 1.91. The third-order valence-corrected chi connectivity index (χ3v) is 3.54. The summed E-state index contributed by atoms with van der Waals surface area (Å²) in [7, 11) is 0. The van der Waals surface area contributed by atoms with Crippen LogP contribution in [-0.4, -0.2) is 27.6 Å². The lowest BCUT2D eigenvalue weighted by molar-refractivity contribution is 0.395. The molecule has 0 saturated heterocycles. The molecule has 1 aromatic heterocycles. The van der Waals surface area contributed by atoms with Gasteiger partial charge >= 0.3 is 0 Å². The average Bonchev–Trinajstić information content (AvgIpc) is 3.21. The van der Waals surface area contributed by atoms with Crippen LogP contribution in [-0.2, 0) is 6.54 Å². The van der Waals surface area contributed by atoms with Crippen molar-refractivity contribution in [2.45, 2.75) is 45.2 Å². The lowest BCUT2D eigenvalue weighted by atomic mass is 10.2. The number of hydrogen-bond acceptors (Lipinski definition) is 2. The van der Waals surface area contributed by atoms with Gasteiger partial charge in [-0.25, -0.2) is 0 Å². The monoisotopic (exact) mass is 263 g/mol.